The van der Waals surface area contributed by atoms with Gasteiger partial charge in [0.25, 0.3) is 5.91 Å². The minimum Gasteiger partial charge on any atom is -0.462 e. The first kappa shape index (κ1) is 28.3. The maximum Gasteiger partial charge on any atom is 0.341 e. The van der Waals surface area contributed by atoms with Gasteiger partial charge in [0.2, 0.25) is 10.0 Å². The molecule has 0 atom stereocenters. The fourth-order valence-corrected chi connectivity index (χ4v) is 6.19. The number of hydrogen-bond donors (Lipinski definition) is 1. The molecule has 34 heavy (non-hydrogen) atoms. The molecular weight excluding hydrogens is 498 g/mol. The van der Waals surface area contributed by atoms with Crippen molar-refractivity contribution in [2.75, 3.05) is 39.1 Å². The number of thiophene rings is 1. The Kier molecular flexibility index (Phi) is 10.1. The highest BCUT2D eigenvalue weighted by molar-refractivity contribution is 7.89. The minimum absolute atomic E-state index is 0. The Hall–Kier alpha value is -1.98. The number of hydrogen-bond acceptors (Lipinski definition) is 7. The summed E-state index contributed by atoms with van der Waals surface area (Å²) >= 11 is 1.38. The summed E-state index contributed by atoms with van der Waals surface area (Å²) in [4.78, 5) is 28.9. The SMILES string of the molecule is CCCCN(C)S(=O)(=O)c1ccc(C(=O)Nc2sc3c(c2C(=O)OCC)CCN(C)C3)cc1.Cl. The lowest BCUT2D eigenvalue weighted by atomic mass is 10.0. The maximum absolute atomic E-state index is 12.9. The van der Waals surface area contributed by atoms with E-state index in [1.165, 1.54) is 39.9 Å². The van der Waals surface area contributed by atoms with Gasteiger partial charge in [0.1, 0.15) is 5.00 Å². The van der Waals surface area contributed by atoms with E-state index in [1.54, 1.807) is 14.0 Å². The predicted molar refractivity (Wildman–Crippen MR) is 137 cm³/mol. The molecule has 3 rings (SSSR count). The summed E-state index contributed by atoms with van der Waals surface area (Å²) < 4.78 is 32.0. The zero-order chi connectivity index (χ0) is 24.2. The fourth-order valence-electron chi connectivity index (χ4n) is 3.67. The van der Waals surface area contributed by atoms with Crippen molar-refractivity contribution >= 4 is 50.6 Å². The Morgan fingerprint density at radius 2 is 1.88 bits per heavy atom. The number of ether oxygens (including phenoxy) is 1. The van der Waals surface area contributed by atoms with Gasteiger partial charge >= 0.3 is 5.97 Å². The molecule has 2 heterocycles. The van der Waals surface area contributed by atoms with Crippen LogP contribution in [0.4, 0.5) is 5.00 Å². The molecule has 1 amide bonds. The molecule has 188 valence electrons. The van der Waals surface area contributed by atoms with Crippen LogP contribution in [-0.4, -0.2) is 63.3 Å². The van der Waals surface area contributed by atoms with Gasteiger partial charge in [-0.3, -0.25) is 4.79 Å². The summed E-state index contributed by atoms with van der Waals surface area (Å²) in [7, 11) is -0.0381. The van der Waals surface area contributed by atoms with Crippen LogP contribution >= 0.6 is 23.7 Å². The van der Waals surface area contributed by atoms with Crippen LogP contribution in [0.5, 0.6) is 0 Å². The van der Waals surface area contributed by atoms with Gasteiger partial charge in [0, 0.05) is 37.1 Å². The quantitative estimate of drug-likeness (QED) is 0.493. The van der Waals surface area contributed by atoms with Crippen molar-refractivity contribution in [3.05, 3.63) is 45.8 Å². The fraction of sp³-hybridized carbons (Fsp3) is 0.478. The van der Waals surface area contributed by atoms with Crippen LogP contribution in [0, 0.1) is 0 Å². The molecule has 1 aliphatic heterocycles. The molecule has 0 saturated heterocycles. The molecule has 1 aromatic carbocycles. The summed E-state index contributed by atoms with van der Waals surface area (Å²) in [6.07, 6.45) is 2.39. The first-order chi connectivity index (χ1) is 15.7. The first-order valence-corrected chi connectivity index (χ1v) is 13.3. The Bertz CT molecular complexity index is 1120. The largest absolute Gasteiger partial charge is 0.462 e. The Morgan fingerprint density at radius 1 is 1.21 bits per heavy atom. The number of rotatable bonds is 9. The molecule has 0 spiro atoms. The van der Waals surface area contributed by atoms with Crippen LogP contribution in [0.2, 0.25) is 0 Å². The third kappa shape index (κ3) is 6.17. The topological polar surface area (TPSA) is 96.0 Å². The van der Waals surface area contributed by atoms with Crippen molar-refractivity contribution < 1.29 is 22.7 Å². The predicted octanol–water partition coefficient (Wildman–Crippen LogP) is 4.01. The van der Waals surface area contributed by atoms with E-state index < -0.39 is 21.9 Å². The second-order valence-corrected chi connectivity index (χ2v) is 11.2. The van der Waals surface area contributed by atoms with E-state index in [2.05, 4.69) is 10.2 Å². The number of halogens is 1. The Morgan fingerprint density at radius 3 is 2.50 bits per heavy atom. The second kappa shape index (κ2) is 12.1. The second-order valence-electron chi connectivity index (χ2n) is 8.07. The van der Waals surface area contributed by atoms with E-state index in [4.69, 9.17) is 4.74 Å². The van der Waals surface area contributed by atoms with Crippen LogP contribution in [0.1, 0.15) is 57.8 Å². The number of likely N-dealkylation sites (N-methyl/N-ethyl adjacent to an activating group) is 1. The van der Waals surface area contributed by atoms with Crippen LogP contribution in [0.15, 0.2) is 29.2 Å². The molecule has 1 aliphatic rings. The zero-order valence-electron chi connectivity index (χ0n) is 19.9. The van der Waals surface area contributed by atoms with E-state index >= 15 is 0 Å². The third-order valence-electron chi connectivity index (χ3n) is 5.61. The highest BCUT2D eigenvalue weighted by Crippen LogP contribution is 2.37. The van der Waals surface area contributed by atoms with Crippen molar-refractivity contribution in [1.82, 2.24) is 9.21 Å². The number of nitrogens with one attached hydrogen (secondary N) is 1. The summed E-state index contributed by atoms with van der Waals surface area (Å²) in [5, 5.41) is 3.31. The molecule has 11 heteroatoms. The molecule has 1 aromatic heterocycles. The van der Waals surface area contributed by atoms with Crippen molar-refractivity contribution in [3.8, 4) is 0 Å². The number of unbranched alkanes of at least 4 members (excludes halogenated alkanes) is 1. The van der Waals surface area contributed by atoms with Gasteiger partial charge in [0.15, 0.2) is 0 Å². The van der Waals surface area contributed by atoms with Crippen LogP contribution in [0.25, 0.3) is 0 Å². The Labute approximate surface area is 211 Å². The van der Waals surface area contributed by atoms with Gasteiger partial charge < -0.3 is 15.0 Å². The number of amides is 1. The number of anilines is 1. The van der Waals surface area contributed by atoms with Gasteiger partial charge in [-0.15, -0.1) is 23.7 Å². The van der Waals surface area contributed by atoms with Crippen molar-refractivity contribution in [2.24, 2.45) is 0 Å². The number of sulfonamides is 1. The van der Waals surface area contributed by atoms with E-state index in [1.807, 2.05) is 14.0 Å². The molecule has 0 radical (unpaired) electrons. The highest BCUT2D eigenvalue weighted by Gasteiger charge is 2.29. The van der Waals surface area contributed by atoms with E-state index in [0.29, 0.717) is 35.6 Å². The molecular formula is C23H32ClN3O5S2. The third-order valence-corrected chi connectivity index (χ3v) is 8.61. The molecule has 0 saturated carbocycles. The summed E-state index contributed by atoms with van der Waals surface area (Å²) in [6.45, 7) is 5.98. The molecule has 2 aromatic rings. The summed E-state index contributed by atoms with van der Waals surface area (Å²) in [5.41, 5.74) is 1.67. The van der Waals surface area contributed by atoms with Crippen LogP contribution in [0.3, 0.4) is 0 Å². The Balaban J connectivity index is 0.00000408. The van der Waals surface area contributed by atoms with E-state index in [0.717, 1.165) is 29.8 Å². The van der Waals surface area contributed by atoms with Crippen molar-refractivity contribution in [3.63, 3.8) is 0 Å². The lowest BCUT2D eigenvalue weighted by Crippen LogP contribution is -2.28. The normalized spacial score (nSPS) is 13.8. The number of carbonyl (C=O) groups excluding carboxylic acids is 2. The van der Waals surface area contributed by atoms with Crippen molar-refractivity contribution in [1.29, 1.82) is 0 Å². The van der Waals surface area contributed by atoms with Gasteiger partial charge in [-0.2, -0.15) is 0 Å². The summed E-state index contributed by atoms with van der Waals surface area (Å²) in [6, 6.07) is 5.85. The number of carbonyl (C=O) groups is 2. The number of benzene rings is 1. The van der Waals surface area contributed by atoms with E-state index in [9.17, 15) is 18.0 Å². The number of nitrogens with zero attached hydrogens (tertiary/aromatic N) is 2. The average molecular weight is 530 g/mol. The lowest BCUT2D eigenvalue weighted by Gasteiger charge is -2.22. The average Bonchev–Trinajstić information content (AvgIpc) is 3.14. The van der Waals surface area contributed by atoms with E-state index in [-0.39, 0.29) is 23.9 Å². The molecule has 0 bridgehead atoms. The molecule has 0 aliphatic carbocycles. The van der Waals surface area contributed by atoms with Gasteiger partial charge in [-0.25, -0.2) is 17.5 Å². The number of fused-ring (bicyclic) bond motifs is 1. The minimum atomic E-state index is -3.61. The maximum atomic E-state index is 12.9. The van der Waals surface area contributed by atoms with Crippen LogP contribution in [-0.2, 0) is 27.7 Å². The molecule has 0 fully saturated rings. The van der Waals surface area contributed by atoms with Crippen LogP contribution < -0.4 is 5.32 Å². The number of esters is 1. The lowest BCUT2D eigenvalue weighted by molar-refractivity contribution is 0.0526. The van der Waals surface area contributed by atoms with Crippen molar-refractivity contribution in [2.45, 2.75) is 44.6 Å². The smallest absolute Gasteiger partial charge is 0.341 e. The standard InChI is InChI=1S/C23H31N3O5S2.ClH/c1-5-7-13-26(4)33(29,30)17-10-8-16(9-11-17)21(27)24-22-20(23(28)31-6-2)18-12-14-25(3)15-19(18)32-22;/h8-11H,5-7,12-15H2,1-4H3,(H,24,27);1H. The monoisotopic (exact) mass is 529 g/mol. The first-order valence-electron chi connectivity index (χ1n) is 11.1. The van der Waals surface area contributed by atoms with Gasteiger partial charge in [-0.1, -0.05) is 13.3 Å². The van der Waals surface area contributed by atoms with Gasteiger partial charge in [0.05, 0.1) is 17.1 Å². The molecule has 1 N–H and O–H groups in total. The highest BCUT2D eigenvalue weighted by atomic mass is 35.5. The zero-order valence-corrected chi connectivity index (χ0v) is 22.4. The summed E-state index contributed by atoms with van der Waals surface area (Å²) in [5.74, 6) is -0.845. The van der Waals surface area contributed by atoms with Gasteiger partial charge in [-0.05, 0) is 56.6 Å². The molecule has 0 unspecified atom stereocenters. The molecule has 8 nitrogen and oxygen atoms in total.